The molecule has 0 aromatic heterocycles. The van der Waals surface area contributed by atoms with Crippen LogP contribution in [0, 0.1) is 0 Å². The van der Waals surface area contributed by atoms with Crippen molar-refractivity contribution in [2.45, 2.75) is 18.2 Å². The Morgan fingerprint density at radius 2 is 1.65 bits per heavy atom. The van der Waals surface area contributed by atoms with Crippen molar-refractivity contribution >= 4 is 37.5 Å². The van der Waals surface area contributed by atoms with Crippen LogP contribution in [0.2, 0.25) is 0 Å². The fraction of sp³-hybridized carbons (Fsp3) is 0.188. The Kier molecular flexibility index (Phi) is 5.92. The Bertz CT molecular complexity index is 772. The third kappa shape index (κ3) is 4.89. The van der Waals surface area contributed by atoms with Gasteiger partial charge in [-0.2, -0.15) is 0 Å². The number of nitrogens with one attached hydrogen (secondary N) is 2. The van der Waals surface area contributed by atoms with Crippen molar-refractivity contribution < 1.29 is 13.2 Å². The Morgan fingerprint density at radius 1 is 1.04 bits per heavy atom. The van der Waals surface area contributed by atoms with Crippen LogP contribution in [0.25, 0.3) is 0 Å². The van der Waals surface area contributed by atoms with Crippen molar-refractivity contribution in [2.75, 3.05) is 11.9 Å². The minimum atomic E-state index is -3.52. The smallest absolute Gasteiger partial charge is 0.255 e. The number of carbonyl (C=O) groups is 1. The number of halogens is 1. The van der Waals surface area contributed by atoms with Crippen LogP contribution in [0.15, 0.2) is 57.9 Å². The second-order valence-corrected chi connectivity index (χ2v) is 7.57. The molecule has 0 aliphatic heterocycles. The summed E-state index contributed by atoms with van der Waals surface area (Å²) < 4.78 is 27.4. The molecule has 0 aliphatic carbocycles. The van der Waals surface area contributed by atoms with Gasteiger partial charge in [-0.05, 0) is 55.0 Å². The van der Waals surface area contributed by atoms with Crippen molar-refractivity contribution in [3.63, 3.8) is 0 Å². The van der Waals surface area contributed by atoms with E-state index in [0.717, 1.165) is 4.47 Å². The lowest BCUT2D eigenvalue weighted by Gasteiger charge is -2.08. The van der Waals surface area contributed by atoms with Gasteiger partial charge in [0, 0.05) is 22.3 Å². The standard InChI is InChI=1S/C16H17BrN2O3S/c1-2-11-18-23(21,22)15-9-3-12(4-10-15)16(20)19-14-7-5-13(17)6-8-14/h3-10,18H,2,11H2,1H3,(H,19,20). The Balaban J connectivity index is 2.09. The van der Waals surface area contributed by atoms with Crippen LogP contribution in [0.1, 0.15) is 23.7 Å². The SMILES string of the molecule is CCCNS(=O)(=O)c1ccc(C(=O)Nc2ccc(Br)cc2)cc1. The van der Waals surface area contributed by atoms with E-state index >= 15 is 0 Å². The summed E-state index contributed by atoms with van der Waals surface area (Å²) in [6, 6.07) is 13.0. The molecule has 23 heavy (non-hydrogen) atoms. The summed E-state index contributed by atoms with van der Waals surface area (Å²) in [6.45, 7) is 2.27. The Hall–Kier alpha value is -1.70. The van der Waals surface area contributed by atoms with E-state index in [1.54, 1.807) is 12.1 Å². The van der Waals surface area contributed by atoms with Crippen molar-refractivity contribution in [1.82, 2.24) is 4.72 Å². The number of benzene rings is 2. The monoisotopic (exact) mass is 396 g/mol. The molecule has 0 aliphatic rings. The molecule has 122 valence electrons. The molecule has 2 aromatic rings. The highest BCUT2D eigenvalue weighted by molar-refractivity contribution is 9.10. The Labute approximate surface area is 144 Å². The van der Waals surface area contributed by atoms with E-state index in [1.165, 1.54) is 24.3 Å². The fourth-order valence-corrected chi connectivity index (χ4v) is 3.24. The second-order valence-electron chi connectivity index (χ2n) is 4.88. The largest absolute Gasteiger partial charge is 0.322 e. The Morgan fingerprint density at radius 3 is 2.22 bits per heavy atom. The van der Waals surface area contributed by atoms with Gasteiger partial charge in [0.2, 0.25) is 10.0 Å². The number of hydrogen-bond acceptors (Lipinski definition) is 3. The first-order valence-electron chi connectivity index (χ1n) is 7.09. The predicted octanol–water partition coefficient (Wildman–Crippen LogP) is 3.39. The summed E-state index contributed by atoms with van der Waals surface area (Å²) in [6.07, 6.45) is 0.715. The molecule has 2 aromatic carbocycles. The van der Waals surface area contributed by atoms with E-state index in [0.29, 0.717) is 24.2 Å². The third-order valence-electron chi connectivity index (χ3n) is 3.07. The summed E-state index contributed by atoms with van der Waals surface area (Å²) in [5.41, 5.74) is 1.06. The first-order chi connectivity index (χ1) is 10.9. The first-order valence-corrected chi connectivity index (χ1v) is 9.36. The molecule has 0 spiro atoms. The van der Waals surface area contributed by atoms with E-state index in [4.69, 9.17) is 0 Å². The lowest BCUT2D eigenvalue weighted by atomic mass is 10.2. The van der Waals surface area contributed by atoms with Crippen LogP contribution in [0.5, 0.6) is 0 Å². The van der Waals surface area contributed by atoms with Gasteiger partial charge in [-0.15, -0.1) is 0 Å². The molecular formula is C16H17BrN2O3S. The van der Waals surface area contributed by atoms with Gasteiger partial charge in [-0.25, -0.2) is 13.1 Å². The number of carbonyl (C=O) groups excluding carboxylic acids is 1. The summed E-state index contributed by atoms with van der Waals surface area (Å²) in [4.78, 5) is 12.3. The van der Waals surface area contributed by atoms with Crippen molar-refractivity contribution in [3.8, 4) is 0 Å². The molecule has 0 bridgehead atoms. The van der Waals surface area contributed by atoms with E-state index in [9.17, 15) is 13.2 Å². The molecule has 2 N–H and O–H groups in total. The van der Waals surface area contributed by atoms with Gasteiger partial charge in [-0.3, -0.25) is 4.79 Å². The van der Waals surface area contributed by atoms with Crippen LogP contribution in [-0.4, -0.2) is 20.9 Å². The highest BCUT2D eigenvalue weighted by Gasteiger charge is 2.14. The topological polar surface area (TPSA) is 75.3 Å². The number of rotatable bonds is 6. The van der Waals surface area contributed by atoms with Crippen LogP contribution >= 0.6 is 15.9 Å². The van der Waals surface area contributed by atoms with E-state index < -0.39 is 10.0 Å². The van der Waals surface area contributed by atoms with Gasteiger partial charge in [0.1, 0.15) is 0 Å². The van der Waals surface area contributed by atoms with E-state index in [1.807, 2.05) is 19.1 Å². The minimum Gasteiger partial charge on any atom is -0.322 e. The van der Waals surface area contributed by atoms with Crippen molar-refractivity contribution in [1.29, 1.82) is 0 Å². The van der Waals surface area contributed by atoms with Crippen LogP contribution in [0.3, 0.4) is 0 Å². The lowest BCUT2D eigenvalue weighted by molar-refractivity contribution is 0.102. The van der Waals surface area contributed by atoms with Gasteiger partial charge in [-0.1, -0.05) is 22.9 Å². The maximum atomic E-state index is 12.1. The summed E-state index contributed by atoms with van der Waals surface area (Å²) in [5.74, 6) is -0.294. The summed E-state index contributed by atoms with van der Waals surface area (Å²) in [7, 11) is -3.52. The molecular weight excluding hydrogens is 380 g/mol. The van der Waals surface area contributed by atoms with Gasteiger partial charge in [0.25, 0.3) is 5.91 Å². The van der Waals surface area contributed by atoms with Gasteiger partial charge in [0.15, 0.2) is 0 Å². The number of hydrogen-bond donors (Lipinski definition) is 2. The third-order valence-corrected chi connectivity index (χ3v) is 5.08. The predicted molar refractivity (Wildman–Crippen MR) is 94.0 cm³/mol. The molecule has 1 amide bonds. The molecule has 0 saturated heterocycles. The minimum absolute atomic E-state index is 0.145. The van der Waals surface area contributed by atoms with E-state index in [2.05, 4.69) is 26.0 Å². The molecule has 0 fully saturated rings. The fourth-order valence-electron chi connectivity index (χ4n) is 1.84. The van der Waals surface area contributed by atoms with Crippen molar-refractivity contribution in [3.05, 3.63) is 58.6 Å². The van der Waals surface area contributed by atoms with Gasteiger partial charge >= 0.3 is 0 Å². The highest BCUT2D eigenvalue weighted by Crippen LogP contribution is 2.16. The molecule has 2 rings (SSSR count). The van der Waals surface area contributed by atoms with Crippen LogP contribution < -0.4 is 10.0 Å². The number of sulfonamides is 1. The van der Waals surface area contributed by atoms with Crippen LogP contribution in [-0.2, 0) is 10.0 Å². The molecule has 0 atom stereocenters. The quantitative estimate of drug-likeness (QED) is 0.785. The molecule has 0 radical (unpaired) electrons. The van der Waals surface area contributed by atoms with E-state index in [-0.39, 0.29) is 10.8 Å². The maximum absolute atomic E-state index is 12.1. The summed E-state index contributed by atoms with van der Waals surface area (Å²) >= 11 is 3.33. The van der Waals surface area contributed by atoms with Crippen LogP contribution in [0.4, 0.5) is 5.69 Å². The first kappa shape index (κ1) is 17.7. The molecule has 5 nitrogen and oxygen atoms in total. The molecule has 0 heterocycles. The highest BCUT2D eigenvalue weighted by atomic mass is 79.9. The molecule has 0 unspecified atom stereocenters. The molecule has 7 heteroatoms. The van der Waals surface area contributed by atoms with Gasteiger partial charge in [0.05, 0.1) is 4.90 Å². The van der Waals surface area contributed by atoms with Gasteiger partial charge < -0.3 is 5.32 Å². The lowest BCUT2D eigenvalue weighted by Crippen LogP contribution is -2.24. The molecule has 0 saturated carbocycles. The zero-order valence-corrected chi connectivity index (χ0v) is 14.9. The zero-order chi connectivity index (χ0) is 16.9. The normalized spacial score (nSPS) is 11.2. The number of amides is 1. The second kappa shape index (κ2) is 7.72. The average molecular weight is 397 g/mol. The summed E-state index contributed by atoms with van der Waals surface area (Å²) in [5, 5.41) is 2.75. The van der Waals surface area contributed by atoms with Crippen molar-refractivity contribution in [2.24, 2.45) is 0 Å². The maximum Gasteiger partial charge on any atom is 0.255 e. The average Bonchev–Trinajstić information content (AvgIpc) is 2.55. The number of anilines is 1. The zero-order valence-electron chi connectivity index (χ0n) is 12.5.